The molecule has 1 aliphatic carbocycles. The van der Waals surface area contributed by atoms with Crippen molar-refractivity contribution in [3.8, 4) is 0 Å². The lowest BCUT2D eigenvalue weighted by Gasteiger charge is -2.42. The predicted molar refractivity (Wildman–Crippen MR) is 126 cm³/mol. The number of benzene rings is 1. The number of aryl methyl sites for hydroxylation is 1. The highest BCUT2D eigenvalue weighted by Gasteiger charge is 2.36. The Morgan fingerprint density at radius 1 is 1.21 bits per heavy atom. The molecule has 0 spiro atoms. The molecule has 1 aromatic carbocycles. The van der Waals surface area contributed by atoms with E-state index in [0.29, 0.717) is 18.5 Å². The Bertz CT molecular complexity index is 773. The number of ether oxygens (including phenoxy) is 1. The van der Waals surface area contributed by atoms with Crippen molar-refractivity contribution in [2.75, 3.05) is 20.3 Å². The molecule has 2 N–H and O–H groups in total. The molecule has 2 aromatic rings. The molecule has 7 nitrogen and oxygen atoms in total. The molecule has 1 aromatic heterocycles. The van der Waals surface area contributed by atoms with Crippen LogP contribution in [0.1, 0.15) is 42.9 Å². The summed E-state index contributed by atoms with van der Waals surface area (Å²) < 4.78 is 7.31. The van der Waals surface area contributed by atoms with E-state index in [9.17, 15) is 0 Å². The van der Waals surface area contributed by atoms with Gasteiger partial charge < -0.3 is 19.9 Å². The van der Waals surface area contributed by atoms with Crippen LogP contribution in [0.3, 0.4) is 0 Å². The average molecular weight is 512 g/mol. The first kappa shape index (κ1) is 23.6. The minimum Gasteiger partial charge on any atom is -0.385 e. The Morgan fingerprint density at radius 2 is 1.97 bits per heavy atom. The molecular weight excluding hydrogens is 479 g/mol. The summed E-state index contributed by atoms with van der Waals surface area (Å²) in [7, 11) is 3.76. The second-order valence-electron chi connectivity index (χ2n) is 7.68. The average Bonchev–Trinajstić information content (AvgIpc) is 3.01. The van der Waals surface area contributed by atoms with Gasteiger partial charge in [-0.2, -0.15) is 0 Å². The molecule has 29 heavy (non-hydrogen) atoms. The van der Waals surface area contributed by atoms with Gasteiger partial charge in [0.15, 0.2) is 11.8 Å². The molecule has 3 rings (SSSR count). The molecule has 1 saturated carbocycles. The number of aliphatic imine (C=N–C) groups is 1. The van der Waals surface area contributed by atoms with Gasteiger partial charge >= 0.3 is 0 Å². The van der Waals surface area contributed by atoms with E-state index in [4.69, 9.17) is 9.73 Å². The van der Waals surface area contributed by atoms with Gasteiger partial charge in [-0.3, -0.25) is 0 Å². The van der Waals surface area contributed by atoms with Crippen molar-refractivity contribution in [1.29, 1.82) is 0 Å². The van der Waals surface area contributed by atoms with Crippen molar-refractivity contribution in [3.63, 3.8) is 0 Å². The largest absolute Gasteiger partial charge is 0.385 e. The topological polar surface area (TPSA) is 76.4 Å². The van der Waals surface area contributed by atoms with Crippen molar-refractivity contribution < 1.29 is 4.74 Å². The summed E-state index contributed by atoms with van der Waals surface area (Å²) in [4.78, 5) is 4.79. The first-order valence-electron chi connectivity index (χ1n) is 10.0. The smallest absolute Gasteiger partial charge is 0.191 e. The van der Waals surface area contributed by atoms with Crippen LogP contribution in [0.4, 0.5) is 0 Å². The zero-order valence-corrected chi connectivity index (χ0v) is 20.0. The van der Waals surface area contributed by atoms with E-state index in [-0.39, 0.29) is 24.0 Å². The fourth-order valence-corrected chi connectivity index (χ4v) is 3.48. The third kappa shape index (κ3) is 6.67. The van der Waals surface area contributed by atoms with Crippen LogP contribution in [0.25, 0.3) is 0 Å². The van der Waals surface area contributed by atoms with E-state index < -0.39 is 0 Å². The molecule has 0 saturated heterocycles. The monoisotopic (exact) mass is 512 g/mol. The zero-order chi connectivity index (χ0) is 19.8. The number of nitrogens with one attached hydrogen (secondary N) is 2. The molecule has 0 unspecified atom stereocenters. The minimum atomic E-state index is 0. The molecule has 8 heteroatoms. The predicted octanol–water partition coefficient (Wildman–Crippen LogP) is 3.18. The normalized spacial score (nSPS) is 15.3. The van der Waals surface area contributed by atoms with Crippen LogP contribution in [0.2, 0.25) is 0 Å². The maximum absolute atomic E-state index is 5.31. The van der Waals surface area contributed by atoms with Crippen LogP contribution in [-0.2, 0) is 24.9 Å². The number of guanidine groups is 1. The fourth-order valence-electron chi connectivity index (χ4n) is 3.48. The van der Waals surface area contributed by atoms with Gasteiger partial charge in [-0.05, 0) is 37.2 Å². The lowest BCUT2D eigenvalue weighted by Crippen LogP contribution is -2.47. The van der Waals surface area contributed by atoms with Crippen molar-refractivity contribution in [2.45, 2.75) is 45.7 Å². The summed E-state index contributed by atoms with van der Waals surface area (Å²) in [6, 6.07) is 10.3. The number of rotatable bonds is 9. The lowest BCUT2D eigenvalue weighted by molar-refractivity contribution is 0.0732. The Morgan fingerprint density at radius 3 is 2.55 bits per heavy atom. The third-order valence-electron chi connectivity index (χ3n) is 5.74. The number of hydrogen-bond acceptors (Lipinski definition) is 4. The molecule has 0 amide bonds. The number of aromatic nitrogens is 3. The summed E-state index contributed by atoms with van der Waals surface area (Å²) in [6.45, 7) is 4.90. The van der Waals surface area contributed by atoms with E-state index >= 15 is 0 Å². The number of hydrogen-bond donors (Lipinski definition) is 2. The van der Waals surface area contributed by atoms with Gasteiger partial charge in [0, 0.05) is 27.3 Å². The van der Waals surface area contributed by atoms with Crippen molar-refractivity contribution in [2.24, 2.45) is 17.5 Å². The van der Waals surface area contributed by atoms with Gasteiger partial charge in [-0.15, -0.1) is 34.2 Å². The maximum Gasteiger partial charge on any atom is 0.191 e. The molecule has 1 heterocycles. The van der Waals surface area contributed by atoms with E-state index in [0.717, 1.165) is 37.2 Å². The van der Waals surface area contributed by atoms with Crippen LogP contribution in [0, 0.1) is 12.3 Å². The van der Waals surface area contributed by atoms with Crippen LogP contribution < -0.4 is 10.6 Å². The third-order valence-corrected chi connectivity index (χ3v) is 5.74. The van der Waals surface area contributed by atoms with Gasteiger partial charge in [0.1, 0.15) is 5.82 Å². The molecule has 0 atom stereocenters. The van der Waals surface area contributed by atoms with Gasteiger partial charge in [-0.1, -0.05) is 36.8 Å². The Kier molecular flexibility index (Phi) is 9.35. The van der Waals surface area contributed by atoms with E-state index in [2.05, 4.69) is 33.0 Å². The molecule has 1 fully saturated rings. The SMILES string of the molecule is COCCC1(CNC(=NCc2ccccc2)NCc2nnc(C)n2C)CCC1.I. The standard InChI is InChI=1S/C21H32N6O.HI/c1-17-25-26-19(27(17)2)15-23-20(22-14-18-8-5-4-6-9-18)24-16-21(10-7-11-21)12-13-28-3;/h4-6,8-9H,7,10-16H2,1-3H3,(H2,22,23,24);1H. The van der Waals surface area contributed by atoms with Gasteiger partial charge in [0.25, 0.3) is 0 Å². The highest BCUT2D eigenvalue weighted by atomic mass is 127. The Hall–Kier alpha value is -1.68. The summed E-state index contributed by atoms with van der Waals surface area (Å²) >= 11 is 0. The van der Waals surface area contributed by atoms with Crippen LogP contribution in [0.5, 0.6) is 0 Å². The highest BCUT2D eigenvalue weighted by Crippen LogP contribution is 2.43. The summed E-state index contributed by atoms with van der Waals surface area (Å²) in [5.74, 6) is 2.61. The lowest BCUT2D eigenvalue weighted by atomic mass is 9.67. The first-order chi connectivity index (χ1) is 13.6. The van der Waals surface area contributed by atoms with Crippen LogP contribution >= 0.6 is 24.0 Å². The Balaban J connectivity index is 0.00000300. The van der Waals surface area contributed by atoms with Crippen molar-refractivity contribution in [3.05, 3.63) is 47.5 Å². The molecular formula is C21H33IN6O. The zero-order valence-electron chi connectivity index (χ0n) is 17.6. The van der Waals surface area contributed by atoms with Gasteiger partial charge in [0.05, 0.1) is 13.1 Å². The summed E-state index contributed by atoms with van der Waals surface area (Å²) in [5, 5.41) is 15.3. The van der Waals surface area contributed by atoms with E-state index in [1.165, 1.54) is 24.8 Å². The Labute approximate surface area is 190 Å². The van der Waals surface area contributed by atoms with Crippen molar-refractivity contribution >= 4 is 29.9 Å². The van der Waals surface area contributed by atoms with E-state index in [1.54, 1.807) is 7.11 Å². The second kappa shape index (κ2) is 11.5. The van der Waals surface area contributed by atoms with Crippen molar-refractivity contribution in [1.82, 2.24) is 25.4 Å². The minimum absolute atomic E-state index is 0. The molecule has 160 valence electrons. The van der Waals surface area contributed by atoms with Gasteiger partial charge in [-0.25, -0.2) is 4.99 Å². The quantitative estimate of drug-likeness (QED) is 0.307. The molecule has 0 bridgehead atoms. The first-order valence-corrected chi connectivity index (χ1v) is 10.0. The molecule has 0 radical (unpaired) electrons. The van der Waals surface area contributed by atoms with Gasteiger partial charge in [0.2, 0.25) is 0 Å². The number of methoxy groups -OCH3 is 1. The molecule has 0 aliphatic heterocycles. The summed E-state index contributed by atoms with van der Waals surface area (Å²) in [6.07, 6.45) is 4.88. The number of halogens is 1. The maximum atomic E-state index is 5.31. The van der Waals surface area contributed by atoms with Crippen LogP contribution in [0.15, 0.2) is 35.3 Å². The molecule has 1 aliphatic rings. The van der Waals surface area contributed by atoms with E-state index in [1.807, 2.05) is 36.7 Å². The number of nitrogens with zero attached hydrogens (tertiary/aromatic N) is 4. The van der Waals surface area contributed by atoms with Crippen LogP contribution in [-0.4, -0.2) is 41.0 Å². The fraction of sp³-hybridized carbons (Fsp3) is 0.571. The highest BCUT2D eigenvalue weighted by molar-refractivity contribution is 14.0. The summed E-state index contributed by atoms with van der Waals surface area (Å²) in [5.41, 5.74) is 1.52. The second-order valence-corrected chi connectivity index (χ2v) is 7.68.